The number of aromatic nitrogens is 1. The average Bonchev–Trinajstić information content (AvgIpc) is 3.17. The Morgan fingerprint density at radius 3 is 2.84 bits per heavy atom. The van der Waals surface area contributed by atoms with Crippen LogP contribution in [0.4, 0.5) is 0 Å². The molecule has 2 aromatic rings. The van der Waals surface area contributed by atoms with E-state index in [0.717, 1.165) is 34.9 Å². The van der Waals surface area contributed by atoms with E-state index in [9.17, 15) is 13.2 Å². The summed E-state index contributed by atoms with van der Waals surface area (Å²) in [5.74, 6) is 10.7. The zero-order chi connectivity index (χ0) is 23.4. The molecule has 3 atom stereocenters. The van der Waals surface area contributed by atoms with Crippen LogP contribution in [0.5, 0.6) is 0 Å². The molecule has 1 aliphatic rings. The normalized spacial score (nSPS) is 20.4. The van der Waals surface area contributed by atoms with E-state index in [1.807, 2.05) is 18.2 Å². The first-order chi connectivity index (χ1) is 15.1. The van der Waals surface area contributed by atoms with E-state index in [2.05, 4.69) is 28.7 Å². The Morgan fingerprint density at radius 1 is 1.41 bits per heavy atom. The highest BCUT2D eigenvalue weighted by molar-refractivity contribution is 7.92. The van der Waals surface area contributed by atoms with Crippen LogP contribution in [0, 0.1) is 23.7 Å². The molecule has 0 aliphatic carbocycles. The molecular weight excluding hydrogens is 450 g/mol. The minimum Gasteiger partial charge on any atom is -0.364 e. The molecule has 0 radical (unpaired) electrons. The fourth-order valence-electron chi connectivity index (χ4n) is 3.19. The van der Waals surface area contributed by atoms with E-state index in [4.69, 9.17) is 15.7 Å². The van der Waals surface area contributed by atoms with Crippen LogP contribution in [-0.4, -0.2) is 54.3 Å². The smallest absolute Gasteiger partial charge is 0.264 e. The van der Waals surface area contributed by atoms with Gasteiger partial charge in [0.25, 0.3) is 5.91 Å². The van der Waals surface area contributed by atoms with Crippen molar-refractivity contribution in [3.8, 4) is 23.7 Å². The maximum Gasteiger partial charge on any atom is 0.264 e. The van der Waals surface area contributed by atoms with Crippen LogP contribution in [0.25, 0.3) is 10.2 Å². The summed E-state index contributed by atoms with van der Waals surface area (Å²) >= 11 is 1.41. The summed E-state index contributed by atoms with van der Waals surface area (Å²) < 4.78 is 28.9. The van der Waals surface area contributed by atoms with E-state index in [0.29, 0.717) is 11.6 Å². The van der Waals surface area contributed by atoms with Crippen LogP contribution < -0.4 is 11.2 Å². The molecule has 32 heavy (non-hydrogen) atoms. The predicted molar refractivity (Wildman–Crippen MR) is 123 cm³/mol. The number of hydrogen-bond acceptors (Lipinski definition) is 8. The number of nitrogens with two attached hydrogens (primary N) is 1. The monoisotopic (exact) mass is 475 g/mol. The number of hydroxylamine groups is 1. The number of rotatable bonds is 5. The fraction of sp³-hybridized carbons (Fsp3) is 0.455. The van der Waals surface area contributed by atoms with Gasteiger partial charge in [-0.1, -0.05) is 11.8 Å². The van der Waals surface area contributed by atoms with Crippen molar-refractivity contribution in [1.82, 2.24) is 10.5 Å². The first-order valence-electron chi connectivity index (χ1n) is 10.0. The van der Waals surface area contributed by atoms with Gasteiger partial charge in [-0.3, -0.25) is 10.0 Å². The lowest BCUT2D eigenvalue weighted by molar-refractivity contribution is -0.131. The van der Waals surface area contributed by atoms with Gasteiger partial charge in [-0.2, -0.15) is 0 Å². The van der Waals surface area contributed by atoms with E-state index in [1.165, 1.54) is 23.7 Å². The average molecular weight is 476 g/mol. The summed E-state index contributed by atoms with van der Waals surface area (Å²) in [6, 6.07) is 5.67. The number of nitrogens with zero attached hydrogens (tertiary/aromatic N) is 1. The van der Waals surface area contributed by atoms with E-state index in [1.54, 1.807) is 0 Å². The molecule has 1 fully saturated rings. The van der Waals surface area contributed by atoms with Crippen LogP contribution in [0.15, 0.2) is 18.2 Å². The number of hydrogen-bond donors (Lipinski definition) is 3. The van der Waals surface area contributed by atoms with E-state index >= 15 is 0 Å². The summed E-state index contributed by atoms with van der Waals surface area (Å²) in [5.41, 5.74) is 8.80. The van der Waals surface area contributed by atoms with Gasteiger partial charge < -0.3 is 10.5 Å². The quantitative estimate of drug-likeness (QED) is 0.338. The number of carbonyl (C=O) groups excluding carboxylic acids is 1. The third kappa shape index (κ3) is 5.66. The Kier molecular flexibility index (Phi) is 7.55. The summed E-state index contributed by atoms with van der Waals surface area (Å²) in [5, 5.41) is 9.63. The second kappa shape index (κ2) is 9.99. The van der Waals surface area contributed by atoms with Crippen molar-refractivity contribution < 1.29 is 23.2 Å². The van der Waals surface area contributed by atoms with Crippen LogP contribution in [0.1, 0.15) is 36.8 Å². The largest absolute Gasteiger partial charge is 0.364 e. The molecule has 1 amide bonds. The molecule has 2 heterocycles. The van der Waals surface area contributed by atoms with Crippen LogP contribution in [0.3, 0.4) is 0 Å². The number of nitrogens with one attached hydrogen (secondary N) is 1. The van der Waals surface area contributed by atoms with Gasteiger partial charge in [0.05, 0.1) is 21.8 Å². The molecule has 1 aromatic heterocycles. The third-order valence-corrected chi connectivity index (χ3v) is 8.57. The first-order valence-corrected chi connectivity index (χ1v) is 12.8. The molecule has 0 spiro atoms. The molecule has 1 unspecified atom stereocenters. The number of benzene rings is 1. The summed E-state index contributed by atoms with van der Waals surface area (Å²) in [6.45, 7) is 1.81. The van der Waals surface area contributed by atoms with Crippen molar-refractivity contribution in [2.75, 3.05) is 12.9 Å². The molecule has 170 valence electrons. The summed E-state index contributed by atoms with van der Waals surface area (Å²) in [7, 11) is -3.75. The van der Waals surface area contributed by atoms with Crippen molar-refractivity contribution in [3.63, 3.8) is 0 Å². The number of carbonyl (C=O) groups is 1. The van der Waals surface area contributed by atoms with Gasteiger partial charge in [0.1, 0.15) is 10.9 Å². The van der Waals surface area contributed by atoms with Crippen molar-refractivity contribution in [2.45, 2.75) is 49.5 Å². The highest BCUT2D eigenvalue weighted by Gasteiger charge is 2.43. The van der Waals surface area contributed by atoms with Gasteiger partial charge >= 0.3 is 0 Å². The Bertz CT molecular complexity index is 1220. The molecular formula is C22H25N3O5S2. The molecule has 3 rings (SSSR count). The maximum atomic E-state index is 12.1. The molecule has 10 heteroatoms. The zero-order valence-electron chi connectivity index (χ0n) is 17.8. The van der Waals surface area contributed by atoms with Crippen LogP contribution in [-0.2, 0) is 25.8 Å². The van der Waals surface area contributed by atoms with Gasteiger partial charge in [-0.25, -0.2) is 18.9 Å². The van der Waals surface area contributed by atoms with Gasteiger partial charge in [-0.15, -0.1) is 11.3 Å². The standard InChI is InChI=1S/C22H25N3O5S2/c1-22(21(26)25-27,32(2,28)29)12-11-20-24-18-10-7-15(13-19(18)31-20)5-3-4-6-17-9-8-16(23)14-30-17/h7,10,13,16-17,27H,8-9,11-12,14,23H2,1-2H3,(H,25,26)/t16-,17-,22?/m1/s1. The summed E-state index contributed by atoms with van der Waals surface area (Å²) in [4.78, 5) is 16.5. The number of amides is 1. The highest BCUT2D eigenvalue weighted by atomic mass is 32.2. The zero-order valence-corrected chi connectivity index (χ0v) is 19.5. The Morgan fingerprint density at radius 2 is 2.19 bits per heavy atom. The lowest BCUT2D eigenvalue weighted by Gasteiger charge is -2.24. The van der Waals surface area contributed by atoms with Crippen molar-refractivity contribution >= 4 is 37.3 Å². The van der Waals surface area contributed by atoms with Crippen LogP contribution in [0.2, 0.25) is 0 Å². The first kappa shape index (κ1) is 24.2. The highest BCUT2D eigenvalue weighted by Crippen LogP contribution is 2.28. The van der Waals surface area contributed by atoms with Gasteiger partial charge in [0.15, 0.2) is 9.84 Å². The molecule has 0 saturated carbocycles. The number of ether oxygens (including phenoxy) is 1. The fourth-order valence-corrected chi connectivity index (χ4v) is 5.06. The van der Waals surface area contributed by atoms with Crippen molar-refractivity contribution in [1.29, 1.82) is 0 Å². The second-order valence-electron chi connectivity index (χ2n) is 7.91. The molecule has 1 aliphatic heterocycles. The Labute approximate surface area is 191 Å². The number of thiazole rings is 1. The van der Waals surface area contributed by atoms with Crippen molar-refractivity contribution in [2.24, 2.45) is 5.73 Å². The maximum absolute atomic E-state index is 12.1. The Balaban J connectivity index is 1.70. The molecule has 4 N–H and O–H groups in total. The van der Waals surface area contributed by atoms with E-state index < -0.39 is 20.5 Å². The molecule has 8 nitrogen and oxygen atoms in total. The minimum absolute atomic E-state index is 0.00551. The van der Waals surface area contributed by atoms with Gasteiger partial charge in [0.2, 0.25) is 0 Å². The van der Waals surface area contributed by atoms with E-state index in [-0.39, 0.29) is 25.0 Å². The molecule has 1 aromatic carbocycles. The SMILES string of the molecule is CC(CCc1nc2ccc(C#CC#C[C@@H]3CC[C@@H](N)CO3)cc2s1)(C(=O)NO)S(C)(=O)=O. The topological polar surface area (TPSA) is 132 Å². The third-order valence-electron chi connectivity index (χ3n) is 5.46. The van der Waals surface area contributed by atoms with Crippen molar-refractivity contribution in [3.05, 3.63) is 28.8 Å². The number of fused-ring (bicyclic) bond motifs is 1. The van der Waals surface area contributed by atoms with Gasteiger partial charge in [-0.05, 0) is 56.2 Å². The second-order valence-corrected chi connectivity index (χ2v) is 11.5. The predicted octanol–water partition coefficient (Wildman–Crippen LogP) is 1.40. The number of sulfone groups is 1. The number of aryl methyl sites for hydroxylation is 1. The minimum atomic E-state index is -3.75. The Hall–Kier alpha value is -2.47. The molecule has 1 saturated heterocycles. The lowest BCUT2D eigenvalue weighted by atomic mass is 10.0. The lowest BCUT2D eigenvalue weighted by Crippen LogP contribution is -2.49. The molecule has 0 bridgehead atoms. The van der Waals surface area contributed by atoms with Gasteiger partial charge in [0, 0.05) is 24.3 Å². The summed E-state index contributed by atoms with van der Waals surface area (Å²) in [6.07, 6.45) is 2.82. The van der Waals surface area contributed by atoms with Crippen LogP contribution >= 0.6 is 11.3 Å².